The molecule has 1 unspecified atom stereocenters. The van der Waals surface area contributed by atoms with Crippen molar-refractivity contribution in [2.24, 2.45) is 5.92 Å². The lowest BCUT2D eigenvalue weighted by molar-refractivity contribution is 0.164. The molecule has 18 heavy (non-hydrogen) atoms. The van der Waals surface area contributed by atoms with Gasteiger partial charge in [0.25, 0.3) is 0 Å². The quantitative estimate of drug-likeness (QED) is 0.688. The summed E-state index contributed by atoms with van der Waals surface area (Å²) >= 11 is 0. The van der Waals surface area contributed by atoms with Crippen LogP contribution in [0, 0.1) is 12.8 Å². The minimum atomic E-state index is -0.257. The van der Waals surface area contributed by atoms with Gasteiger partial charge in [0.05, 0.1) is 6.10 Å². The first kappa shape index (κ1) is 13.1. The first-order chi connectivity index (χ1) is 8.69. The van der Waals surface area contributed by atoms with Crippen LogP contribution >= 0.6 is 0 Å². The monoisotopic (exact) mass is 250 g/mol. The highest BCUT2D eigenvalue weighted by molar-refractivity contribution is 5.42. The van der Waals surface area contributed by atoms with Crippen molar-refractivity contribution in [3.05, 3.63) is 11.8 Å². The molecule has 0 aliphatic heterocycles. The number of nitrogens with zero attached hydrogens (tertiary/aromatic N) is 2. The molecular weight excluding hydrogens is 228 g/mol. The van der Waals surface area contributed by atoms with Crippen molar-refractivity contribution in [1.29, 1.82) is 0 Å². The highest BCUT2D eigenvalue weighted by atomic mass is 16.3. The highest BCUT2D eigenvalue weighted by Gasteiger charge is 2.29. The maximum atomic E-state index is 9.81. The fourth-order valence-corrected chi connectivity index (χ4v) is 1.83. The summed E-state index contributed by atoms with van der Waals surface area (Å²) in [5, 5.41) is 16.2. The molecule has 5 nitrogen and oxygen atoms in total. The van der Waals surface area contributed by atoms with Crippen molar-refractivity contribution in [2.45, 2.75) is 39.2 Å². The van der Waals surface area contributed by atoms with Crippen molar-refractivity contribution in [1.82, 2.24) is 9.97 Å². The average Bonchev–Trinajstić information content (AvgIpc) is 3.17. The summed E-state index contributed by atoms with van der Waals surface area (Å²) in [6.45, 7) is 5.48. The lowest BCUT2D eigenvalue weighted by atomic mass is 10.2. The topological polar surface area (TPSA) is 70.1 Å². The second kappa shape index (κ2) is 6.00. The Labute approximate surface area is 108 Å². The van der Waals surface area contributed by atoms with Crippen LogP contribution in [0.4, 0.5) is 11.8 Å². The van der Waals surface area contributed by atoms with Crippen molar-refractivity contribution in [3.63, 3.8) is 0 Å². The van der Waals surface area contributed by atoms with E-state index in [1.165, 1.54) is 0 Å². The number of nitrogens with one attached hydrogen (secondary N) is 2. The van der Waals surface area contributed by atoms with Gasteiger partial charge in [-0.1, -0.05) is 6.92 Å². The van der Waals surface area contributed by atoms with Gasteiger partial charge in [0.2, 0.25) is 5.95 Å². The Morgan fingerprint density at radius 2 is 2.17 bits per heavy atom. The number of aliphatic hydroxyl groups is 1. The molecule has 5 heteroatoms. The molecule has 1 aromatic rings. The van der Waals surface area contributed by atoms with Gasteiger partial charge >= 0.3 is 0 Å². The van der Waals surface area contributed by atoms with E-state index < -0.39 is 0 Å². The fraction of sp³-hybridized carbons (Fsp3) is 0.692. The number of aromatic nitrogens is 2. The van der Waals surface area contributed by atoms with Gasteiger partial charge in [-0.05, 0) is 32.1 Å². The van der Waals surface area contributed by atoms with Crippen LogP contribution in [0.2, 0.25) is 0 Å². The van der Waals surface area contributed by atoms with Crippen LogP contribution in [0.5, 0.6) is 0 Å². The van der Waals surface area contributed by atoms with Gasteiger partial charge in [-0.3, -0.25) is 0 Å². The Morgan fingerprint density at radius 1 is 1.39 bits per heavy atom. The molecule has 0 aromatic carbocycles. The lowest BCUT2D eigenvalue weighted by Crippen LogP contribution is -2.22. The molecule has 2 rings (SSSR count). The first-order valence-corrected chi connectivity index (χ1v) is 6.70. The van der Waals surface area contributed by atoms with Crippen LogP contribution in [-0.2, 0) is 0 Å². The number of aryl methyl sites for hydroxylation is 1. The molecule has 0 saturated heterocycles. The third-order valence-electron chi connectivity index (χ3n) is 3.05. The molecule has 1 aliphatic carbocycles. The summed E-state index contributed by atoms with van der Waals surface area (Å²) in [6.07, 6.45) is 3.08. The third kappa shape index (κ3) is 3.84. The summed E-state index contributed by atoms with van der Waals surface area (Å²) in [5.41, 5.74) is 0.923. The van der Waals surface area contributed by atoms with E-state index in [2.05, 4.69) is 27.5 Å². The molecule has 1 saturated carbocycles. The smallest absolute Gasteiger partial charge is 0.224 e. The zero-order chi connectivity index (χ0) is 13.0. The van der Waals surface area contributed by atoms with Gasteiger partial charge in [-0.25, -0.2) is 4.98 Å². The molecule has 0 spiro atoms. The second-order valence-electron chi connectivity index (χ2n) is 4.93. The van der Waals surface area contributed by atoms with E-state index >= 15 is 0 Å². The van der Waals surface area contributed by atoms with E-state index in [1.54, 1.807) is 0 Å². The Kier molecular flexibility index (Phi) is 4.36. The van der Waals surface area contributed by atoms with Crippen molar-refractivity contribution in [3.8, 4) is 0 Å². The average molecular weight is 250 g/mol. The minimum Gasteiger partial charge on any atom is -0.391 e. The summed E-state index contributed by atoms with van der Waals surface area (Å²) in [6, 6.07) is 1.90. The number of aliphatic hydroxyl groups excluding tert-OH is 1. The first-order valence-electron chi connectivity index (χ1n) is 6.70. The normalized spacial score (nSPS) is 16.4. The van der Waals surface area contributed by atoms with Crippen LogP contribution in [0.1, 0.15) is 31.9 Å². The van der Waals surface area contributed by atoms with Gasteiger partial charge in [-0.15, -0.1) is 0 Å². The van der Waals surface area contributed by atoms with Gasteiger partial charge < -0.3 is 15.7 Å². The predicted octanol–water partition coefficient (Wildman–Crippen LogP) is 1.79. The Bertz CT molecular complexity index is 393. The van der Waals surface area contributed by atoms with Gasteiger partial charge in [0, 0.05) is 24.8 Å². The summed E-state index contributed by atoms with van der Waals surface area (Å²) in [5.74, 6) is 1.92. The van der Waals surface area contributed by atoms with E-state index in [0.29, 0.717) is 18.4 Å². The molecule has 0 amide bonds. The fourth-order valence-electron chi connectivity index (χ4n) is 1.83. The molecule has 1 heterocycles. The number of anilines is 2. The van der Waals surface area contributed by atoms with Crippen LogP contribution in [-0.4, -0.2) is 34.3 Å². The van der Waals surface area contributed by atoms with Crippen LogP contribution < -0.4 is 10.6 Å². The Morgan fingerprint density at radius 3 is 2.83 bits per heavy atom. The second-order valence-corrected chi connectivity index (χ2v) is 4.93. The standard InChI is InChI=1S/C13H22N4O/c1-3-6-14-13-16-9(2)7-12(17-13)15-8-11(18)10-4-5-10/h7,10-11,18H,3-6,8H2,1-2H3,(H2,14,15,16,17). The number of hydrogen-bond acceptors (Lipinski definition) is 5. The van der Waals surface area contributed by atoms with E-state index in [0.717, 1.165) is 37.3 Å². The number of rotatable bonds is 7. The van der Waals surface area contributed by atoms with Crippen LogP contribution in [0.25, 0.3) is 0 Å². The van der Waals surface area contributed by atoms with Gasteiger partial charge in [-0.2, -0.15) is 4.98 Å². The van der Waals surface area contributed by atoms with Crippen LogP contribution in [0.15, 0.2) is 6.07 Å². The Balaban J connectivity index is 1.91. The molecular formula is C13H22N4O. The zero-order valence-electron chi connectivity index (χ0n) is 11.1. The van der Waals surface area contributed by atoms with Crippen molar-refractivity contribution >= 4 is 11.8 Å². The number of hydrogen-bond donors (Lipinski definition) is 3. The SMILES string of the molecule is CCCNc1nc(C)cc(NCC(O)C2CC2)n1. The molecule has 3 N–H and O–H groups in total. The molecule has 1 aliphatic rings. The molecule has 1 aromatic heterocycles. The van der Waals surface area contributed by atoms with Gasteiger partial charge in [0.1, 0.15) is 5.82 Å². The summed E-state index contributed by atoms with van der Waals surface area (Å²) in [7, 11) is 0. The van der Waals surface area contributed by atoms with Crippen LogP contribution in [0.3, 0.4) is 0 Å². The predicted molar refractivity (Wildman–Crippen MR) is 72.8 cm³/mol. The van der Waals surface area contributed by atoms with Gasteiger partial charge in [0.15, 0.2) is 0 Å². The molecule has 1 fully saturated rings. The van der Waals surface area contributed by atoms with E-state index in [4.69, 9.17) is 0 Å². The zero-order valence-corrected chi connectivity index (χ0v) is 11.1. The summed E-state index contributed by atoms with van der Waals surface area (Å²) < 4.78 is 0. The summed E-state index contributed by atoms with van der Waals surface area (Å²) in [4.78, 5) is 8.70. The van der Waals surface area contributed by atoms with E-state index in [9.17, 15) is 5.11 Å². The molecule has 0 bridgehead atoms. The largest absolute Gasteiger partial charge is 0.391 e. The Hall–Kier alpha value is -1.36. The minimum absolute atomic E-state index is 0.257. The highest BCUT2D eigenvalue weighted by Crippen LogP contribution is 2.32. The lowest BCUT2D eigenvalue weighted by Gasteiger charge is -2.12. The van der Waals surface area contributed by atoms with E-state index in [1.807, 2.05) is 13.0 Å². The van der Waals surface area contributed by atoms with Crippen molar-refractivity contribution < 1.29 is 5.11 Å². The maximum absolute atomic E-state index is 9.81. The molecule has 1 atom stereocenters. The van der Waals surface area contributed by atoms with Crippen molar-refractivity contribution in [2.75, 3.05) is 23.7 Å². The molecule has 0 radical (unpaired) electrons. The third-order valence-corrected chi connectivity index (χ3v) is 3.05. The molecule has 100 valence electrons. The van der Waals surface area contributed by atoms with E-state index in [-0.39, 0.29) is 6.10 Å². The maximum Gasteiger partial charge on any atom is 0.224 e.